The summed E-state index contributed by atoms with van der Waals surface area (Å²) in [6, 6.07) is 9.62. The Kier molecular flexibility index (Phi) is 1.66. The van der Waals surface area contributed by atoms with Crippen molar-refractivity contribution in [3.05, 3.63) is 59.2 Å². The normalized spacial score (nSPS) is 12.4. The number of hydrogen-bond acceptors (Lipinski definition) is 0. The minimum atomic E-state index is -0.262. The van der Waals surface area contributed by atoms with Gasteiger partial charge in [0, 0.05) is 12.0 Å². The van der Waals surface area contributed by atoms with E-state index >= 15 is 0 Å². The third kappa shape index (κ3) is 1.18. The van der Waals surface area contributed by atoms with Crippen molar-refractivity contribution in [1.82, 2.24) is 0 Å². The van der Waals surface area contributed by atoms with Crippen molar-refractivity contribution in [2.24, 2.45) is 0 Å². The van der Waals surface area contributed by atoms with Crippen LogP contribution in [-0.2, 0) is 6.42 Å². The molecule has 0 N–H and O–H groups in total. The van der Waals surface area contributed by atoms with E-state index in [2.05, 4.69) is 0 Å². The van der Waals surface area contributed by atoms with Gasteiger partial charge in [-0.05, 0) is 34.9 Å². The summed E-state index contributed by atoms with van der Waals surface area (Å²) in [6.07, 6.45) is 0.495. The van der Waals surface area contributed by atoms with E-state index in [4.69, 9.17) is 0 Å². The van der Waals surface area contributed by atoms with Crippen LogP contribution in [0.3, 0.4) is 0 Å². The molecule has 1 aliphatic carbocycles. The second-order valence-corrected chi connectivity index (χ2v) is 3.74. The largest absolute Gasteiger partial charge is 0.207 e. The summed E-state index contributed by atoms with van der Waals surface area (Å²) in [5, 5.41) is 0. The monoisotopic (exact) mass is 202 g/mol. The van der Waals surface area contributed by atoms with E-state index in [1.165, 1.54) is 18.2 Å². The Hall–Kier alpha value is -1.70. The molecule has 0 aliphatic heterocycles. The van der Waals surface area contributed by atoms with Crippen LogP contribution in [-0.4, -0.2) is 0 Å². The molecule has 0 radical (unpaired) electrons. The number of fused-ring (bicyclic) bond motifs is 3. The molecular formula is C13H8F2. The molecule has 2 heteroatoms. The van der Waals surface area contributed by atoms with Gasteiger partial charge in [0.05, 0.1) is 0 Å². The van der Waals surface area contributed by atoms with Gasteiger partial charge in [-0.2, -0.15) is 0 Å². The molecule has 3 rings (SSSR count). The predicted octanol–water partition coefficient (Wildman–Crippen LogP) is 3.54. The molecule has 0 unspecified atom stereocenters. The van der Waals surface area contributed by atoms with Crippen LogP contribution in [0.25, 0.3) is 11.1 Å². The Labute approximate surface area is 86.2 Å². The third-order valence-corrected chi connectivity index (χ3v) is 2.84. The Morgan fingerprint density at radius 1 is 0.933 bits per heavy atom. The topological polar surface area (TPSA) is 0 Å². The molecule has 0 amide bonds. The molecule has 74 valence electrons. The lowest BCUT2D eigenvalue weighted by Gasteiger charge is -2.00. The number of halogens is 2. The van der Waals surface area contributed by atoms with Gasteiger partial charge in [-0.3, -0.25) is 0 Å². The van der Waals surface area contributed by atoms with E-state index < -0.39 is 0 Å². The first-order chi connectivity index (χ1) is 7.25. The first kappa shape index (κ1) is 8.60. The zero-order valence-corrected chi connectivity index (χ0v) is 7.93. The molecule has 0 spiro atoms. The Balaban J connectivity index is 2.28. The summed E-state index contributed by atoms with van der Waals surface area (Å²) in [5.41, 5.74) is 3.39. The van der Waals surface area contributed by atoms with Crippen molar-refractivity contribution >= 4 is 0 Å². The Morgan fingerprint density at radius 3 is 2.67 bits per heavy atom. The standard InChI is InChI=1S/C13H8F2/c14-9-4-5-10-8(6-9)7-12-11(10)2-1-3-13(12)15/h1-6H,7H2. The molecule has 0 saturated heterocycles. The highest BCUT2D eigenvalue weighted by molar-refractivity contribution is 5.76. The van der Waals surface area contributed by atoms with Crippen LogP contribution in [0.2, 0.25) is 0 Å². The number of hydrogen-bond donors (Lipinski definition) is 0. The van der Waals surface area contributed by atoms with Gasteiger partial charge in [0.1, 0.15) is 11.6 Å². The van der Waals surface area contributed by atoms with Crippen LogP contribution in [0.4, 0.5) is 8.78 Å². The zero-order valence-electron chi connectivity index (χ0n) is 7.93. The highest BCUT2D eigenvalue weighted by Gasteiger charge is 2.21. The highest BCUT2D eigenvalue weighted by Crippen LogP contribution is 2.37. The molecule has 0 heterocycles. The van der Waals surface area contributed by atoms with E-state index in [1.54, 1.807) is 12.1 Å². The minimum Gasteiger partial charge on any atom is -0.207 e. The first-order valence-electron chi connectivity index (χ1n) is 4.82. The molecule has 0 atom stereocenters. The van der Waals surface area contributed by atoms with Gasteiger partial charge in [0.15, 0.2) is 0 Å². The fourth-order valence-electron chi connectivity index (χ4n) is 2.15. The predicted molar refractivity (Wildman–Crippen MR) is 54.6 cm³/mol. The molecule has 0 bridgehead atoms. The fourth-order valence-corrected chi connectivity index (χ4v) is 2.15. The van der Waals surface area contributed by atoms with E-state index in [0.717, 1.165) is 16.7 Å². The minimum absolute atomic E-state index is 0.205. The van der Waals surface area contributed by atoms with Crippen molar-refractivity contribution < 1.29 is 8.78 Å². The summed E-state index contributed by atoms with van der Waals surface area (Å²) in [5.74, 6) is -0.467. The highest BCUT2D eigenvalue weighted by atomic mass is 19.1. The van der Waals surface area contributed by atoms with Crippen molar-refractivity contribution in [2.45, 2.75) is 6.42 Å². The molecule has 2 aromatic carbocycles. The van der Waals surface area contributed by atoms with Crippen LogP contribution in [0.15, 0.2) is 36.4 Å². The molecule has 0 fully saturated rings. The van der Waals surface area contributed by atoms with Crippen molar-refractivity contribution in [3.63, 3.8) is 0 Å². The summed E-state index contributed by atoms with van der Waals surface area (Å²) in [7, 11) is 0. The van der Waals surface area contributed by atoms with E-state index in [9.17, 15) is 8.78 Å². The summed E-state index contributed by atoms with van der Waals surface area (Å²) in [4.78, 5) is 0. The SMILES string of the molecule is Fc1ccc2c(c1)Cc1c(F)cccc1-2. The molecule has 0 saturated carbocycles. The van der Waals surface area contributed by atoms with Crippen molar-refractivity contribution in [3.8, 4) is 11.1 Å². The number of rotatable bonds is 0. The average Bonchev–Trinajstić information content (AvgIpc) is 2.57. The van der Waals surface area contributed by atoms with Gasteiger partial charge in [-0.25, -0.2) is 8.78 Å². The summed E-state index contributed by atoms with van der Waals surface area (Å²) in [6.45, 7) is 0. The zero-order chi connectivity index (χ0) is 10.4. The molecule has 2 aromatic rings. The maximum absolute atomic E-state index is 13.5. The molecule has 15 heavy (non-hydrogen) atoms. The average molecular weight is 202 g/mol. The van der Waals surface area contributed by atoms with E-state index in [0.29, 0.717) is 12.0 Å². The second-order valence-electron chi connectivity index (χ2n) is 3.74. The van der Waals surface area contributed by atoms with E-state index in [1.807, 2.05) is 6.07 Å². The van der Waals surface area contributed by atoms with Crippen LogP contribution < -0.4 is 0 Å². The fraction of sp³-hybridized carbons (Fsp3) is 0.0769. The van der Waals surface area contributed by atoms with Gasteiger partial charge in [0.25, 0.3) is 0 Å². The van der Waals surface area contributed by atoms with Crippen LogP contribution in [0.5, 0.6) is 0 Å². The van der Waals surface area contributed by atoms with Crippen LogP contribution in [0.1, 0.15) is 11.1 Å². The lowest BCUT2D eigenvalue weighted by molar-refractivity contribution is 0.615. The van der Waals surface area contributed by atoms with Gasteiger partial charge in [0.2, 0.25) is 0 Å². The second kappa shape index (κ2) is 2.89. The Morgan fingerprint density at radius 2 is 1.80 bits per heavy atom. The maximum Gasteiger partial charge on any atom is 0.127 e. The lowest BCUT2D eigenvalue weighted by atomic mass is 10.1. The molecule has 0 nitrogen and oxygen atoms in total. The van der Waals surface area contributed by atoms with Crippen molar-refractivity contribution in [2.75, 3.05) is 0 Å². The van der Waals surface area contributed by atoms with Crippen LogP contribution >= 0.6 is 0 Å². The molecule has 0 aromatic heterocycles. The molecule has 1 aliphatic rings. The van der Waals surface area contributed by atoms with E-state index in [-0.39, 0.29) is 11.6 Å². The smallest absolute Gasteiger partial charge is 0.127 e. The first-order valence-corrected chi connectivity index (χ1v) is 4.82. The molecular weight excluding hydrogens is 194 g/mol. The summed E-state index contributed by atoms with van der Waals surface area (Å²) >= 11 is 0. The number of benzene rings is 2. The maximum atomic E-state index is 13.5. The third-order valence-electron chi connectivity index (χ3n) is 2.84. The van der Waals surface area contributed by atoms with Crippen molar-refractivity contribution in [1.29, 1.82) is 0 Å². The van der Waals surface area contributed by atoms with Crippen LogP contribution in [0, 0.1) is 11.6 Å². The summed E-state index contributed by atoms with van der Waals surface area (Å²) < 4.78 is 26.5. The van der Waals surface area contributed by atoms with Gasteiger partial charge in [-0.1, -0.05) is 18.2 Å². The quantitative estimate of drug-likeness (QED) is 0.523. The van der Waals surface area contributed by atoms with Gasteiger partial charge in [-0.15, -0.1) is 0 Å². The van der Waals surface area contributed by atoms with Gasteiger partial charge >= 0.3 is 0 Å². The lowest BCUT2D eigenvalue weighted by Crippen LogP contribution is -1.86. The Bertz CT molecular complexity index is 544. The van der Waals surface area contributed by atoms with Gasteiger partial charge < -0.3 is 0 Å².